The van der Waals surface area contributed by atoms with Crippen LogP contribution < -0.4 is 10.2 Å². The third-order valence-corrected chi connectivity index (χ3v) is 5.21. The molecule has 1 fully saturated rings. The van der Waals surface area contributed by atoms with Gasteiger partial charge in [-0.1, -0.05) is 29.8 Å². The van der Waals surface area contributed by atoms with E-state index in [1.54, 1.807) is 18.2 Å². The second kappa shape index (κ2) is 6.74. The van der Waals surface area contributed by atoms with Gasteiger partial charge in [-0.2, -0.15) is 0 Å². The van der Waals surface area contributed by atoms with Crippen LogP contribution in [0.4, 0.5) is 0 Å². The molecule has 1 aliphatic carbocycles. The van der Waals surface area contributed by atoms with Gasteiger partial charge in [0.1, 0.15) is 17.6 Å². The number of para-hydroxylation sites is 1. The predicted octanol–water partition coefficient (Wildman–Crippen LogP) is 4.66. The SMILES string of the molecule is Cc1ccc(-c2cc(=O)c3cccc(Cl)c3o2)cc1O[C@H]1C[C@H](C(=O)O)C1. The van der Waals surface area contributed by atoms with E-state index in [4.69, 9.17) is 25.9 Å². The minimum Gasteiger partial charge on any atom is -0.490 e. The fraction of sp³-hybridized carbons (Fsp3) is 0.238. The predicted molar refractivity (Wildman–Crippen MR) is 102 cm³/mol. The minimum absolute atomic E-state index is 0.113. The van der Waals surface area contributed by atoms with Crippen molar-refractivity contribution in [3.8, 4) is 17.1 Å². The summed E-state index contributed by atoms with van der Waals surface area (Å²) in [4.78, 5) is 23.3. The third-order valence-electron chi connectivity index (χ3n) is 4.92. The minimum atomic E-state index is -0.782. The maximum absolute atomic E-state index is 12.4. The molecule has 0 aliphatic heterocycles. The van der Waals surface area contributed by atoms with E-state index in [0.29, 0.717) is 45.9 Å². The van der Waals surface area contributed by atoms with Crippen LogP contribution in [-0.2, 0) is 4.79 Å². The summed E-state index contributed by atoms with van der Waals surface area (Å²) in [5, 5.41) is 9.80. The smallest absolute Gasteiger partial charge is 0.306 e. The second-order valence-corrected chi connectivity index (χ2v) is 7.23. The van der Waals surface area contributed by atoms with Crippen molar-refractivity contribution in [3.63, 3.8) is 0 Å². The van der Waals surface area contributed by atoms with Crippen LogP contribution in [0.1, 0.15) is 18.4 Å². The lowest BCUT2D eigenvalue weighted by molar-refractivity contribution is -0.147. The number of fused-ring (bicyclic) bond motifs is 1. The highest BCUT2D eigenvalue weighted by molar-refractivity contribution is 6.34. The molecule has 3 aromatic rings. The van der Waals surface area contributed by atoms with Gasteiger partial charge in [-0.05, 0) is 43.5 Å². The van der Waals surface area contributed by atoms with Crippen LogP contribution >= 0.6 is 11.6 Å². The van der Waals surface area contributed by atoms with Crippen LogP contribution in [0.25, 0.3) is 22.3 Å². The van der Waals surface area contributed by atoms with Gasteiger partial charge >= 0.3 is 5.97 Å². The summed E-state index contributed by atoms with van der Waals surface area (Å²) in [6.07, 6.45) is 0.886. The zero-order valence-electron chi connectivity index (χ0n) is 14.6. The molecular weight excluding hydrogens is 368 g/mol. The number of rotatable bonds is 4. The Kier molecular flexibility index (Phi) is 4.40. The van der Waals surface area contributed by atoms with Gasteiger partial charge in [-0.25, -0.2) is 0 Å². The lowest BCUT2D eigenvalue weighted by Crippen LogP contribution is -2.38. The fourth-order valence-corrected chi connectivity index (χ4v) is 3.42. The van der Waals surface area contributed by atoms with Crippen molar-refractivity contribution in [2.24, 2.45) is 5.92 Å². The average Bonchev–Trinajstić information content (AvgIpc) is 2.59. The van der Waals surface area contributed by atoms with E-state index in [9.17, 15) is 9.59 Å². The summed E-state index contributed by atoms with van der Waals surface area (Å²) in [5.74, 6) is -0.0556. The van der Waals surface area contributed by atoms with E-state index >= 15 is 0 Å². The molecule has 0 bridgehead atoms. The van der Waals surface area contributed by atoms with E-state index in [0.717, 1.165) is 5.56 Å². The maximum atomic E-state index is 12.4. The molecule has 0 unspecified atom stereocenters. The molecule has 0 atom stereocenters. The number of hydrogen-bond donors (Lipinski definition) is 1. The number of carboxylic acid groups (broad SMARTS) is 1. The number of benzene rings is 2. The summed E-state index contributed by atoms with van der Waals surface area (Å²) in [5.41, 5.74) is 1.82. The molecule has 4 rings (SSSR count). The first kappa shape index (κ1) is 17.6. The zero-order chi connectivity index (χ0) is 19.1. The van der Waals surface area contributed by atoms with E-state index in [-0.39, 0.29) is 17.5 Å². The summed E-state index contributed by atoms with van der Waals surface area (Å²) < 4.78 is 11.8. The van der Waals surface area contributed by atoms with E-state index in [1.807, 2.05) is 25.1 Å². The summed E-state index contributed by atoms with van der Waals surface area (Å²) in [6, 6.07) is 12.0. The highest BCUT2D eigenvalue weighted by Crippen LogP contribution is 2.35. The van der Waals surface area contributed by atoms with Crippen molar-refractivity contribution in [2.75, 3.05) is 0 Å². The van der Waals surface area contributed by atoms with Crippen molar-refractivity contribution in [1.82, 2.24) is 0 Å². The first-order chi connectivity index (χ1) is 12.9. The van der Waals surface area contributed by atoms with Crippen LogP contribution in [-0.4, -0.2) is 17.2 Å². The lowest BCUT2D eigenvalue weighted by Gasteiger charge is -2.33. The lowest BCUT2D eigenvalue weighted by atomic mass is 9.82. The molecule has 1 aromatic heterocycles. The Labute approximate surface area is 160 Å². The molecule has 5 nitrogen and oxygen atoms in total. The van der Waals surface area contributed by atoms with Gasteiger partial charge in [0.2, 0.25) is 0 Å². The first-order valence-corrected chi connectivity index (χ1v) is 9.03. The number of aryl methyl sites for hydroxylation is 1. The number of ether oxygens (including phenoxy) is 1. The van der Waals surface area contributed by atoms with Crippen molar-refractivity contribution in [2.45, 2.75) is 25.9 Å². The molecule has 138 valence electrons. The number of hydrogen-bond acceptors (Lipinski definition) is 4. The van der Waals surface area contributed by atoms with Gasteiger partial charge in [-0.3, -0.25) is 9.59 Å². The molecular formula is C21H17ClO5. The largest absolute Gasteiger partial charge is 0.490 e. The van der Waals surface area contributed by atoms with Gasteiger partial charge in [0.15, 0.2) is 11.0 Å². The molecule has 1 N–H and O–H groups in total. The Hall–Kier alpha value is -2.79. The quantitative estimate of drug-likeness (QED) is 0.707. The molecule has 2 aromatic carbocycles. The summed E-state index contributed by atoms with van der Waals surface area (Å²) in [6.45, 7) is 1.92. The van der Waals surface area contributed by atoms with Crippen molar-refractivity contribution in [3.05, 3.63) is 63.3 Å². The van der Waals surface area contributed by atoms with E-state index in [1.165, 1.54) is 6.07 Å². The molecule has 1 aliphatic rings. The Morgan fingerprint density at radius 3 is 2.74 bits per heavy atom. The number of aliphatic carboxylic acids is 1. The first-order valence-electron chi connectivity index (χ1n) is 8.65. The number of halogens is 1. The Balaban J connectivity index is 1.67. The molecule has 27 heavy (non-hydrogen) atoms. The Morgan fingerprint density at radius 2 is 2.00 bits per heavy atom. The zero-order valence-corrected chi connectivity index (χ0v) is 15.3. The Morgan fingerprint density at radius 1 is 1.22 bits per heavy atom. The van der Waals surface area contributed by atoms with Crippen LogP contribution in [0, 0.1) is 12.8 Å². The van der Waals surface area contributed by atoms with Gasteiger partial charge in [0.25, 0.3) is 0 Å². The summed E-state index contributed by atoms with van der Waals surface area (Å²) >= 11 is 6.17. The van der Waals surface area contributed by atoms with Crippen molar-refractivity contribution >= 4 is 28.5 Å². The van der Waals surface area contributed by atoms with Gasteiger partial charge < -0.3 is 14.3 Å². The summed E-state index contributed by atoms with van der Waals surface area (Å²) in [7, 11) is 0. The monoisotopic (exact) mass is 384 g/mol. The van der Waals surface area contributed by atoms with Gasteiger partial charge in [-0.15, -0.1) is 0 Å². The van der Waals surface area contributed by atoms with Crippen LogP contribution in [0.5, 0.6) is 5.75 Å². The number of carbonyl (C=O) groups is 1. The molecule has 6 heteroatoms. The molecule has 0 spiro atoms. The maximum Gasteiger partial charge on any atom is 0.306 e. The van der Waals surface area contributed by atoms with Crippen molar-refractivity contribution < 1.29 is 19.1 Å². The Bertz CT molecular complexity index is 1100. The normalized spacial score (nSPS) is 18.9. The van der Waals surface area contributed by atoms with Gasteiger partial charge in [0.05, 0.1) is 16.3 Å². The van der Waals surface area contributed by atoms with Crippen LogP contribution in [0.2, 0.25) is 5.02 Å². The van der Waals surface area contributed by atoms with Gasteiger partial charge in [0, 0.05) is 11.6 Å². The topological polar surface area (TPSA) is 76.7 Å². The van der Waals surface area contributed by atoms with E-state index < -0.39 is 5.97 Å². The number of carboxylic acids is 1. The van der Waals surface area contributed by atoms with Crippen molar-refractivity contribution in [1.29, 1.82) is 0 Å². The van der Waals surface area contributed by atoms with Crippen LogP contribution in [0.15, 0.2) is 51.7 Å². The van der Waals surface area contributed by atoms with E-state index in [2.05, 4.69) is 0 Å². The second-order valence-electron chi connectivity index (χ2n) is 6.82. The third kappa shape index (κ3) is 3.30. The molecule has 0 saturated heterocycles. The highest BCUT2D eigenvalue weighted by Gasteiger charge is 2.36. The molecule has 1 saturated carbocycles. The fourth-order valence-electron chi connectivity index (χ4n) is 3.21. The highest BCUT2D eigenvalue weighted by atomic mass is 35.5. The molecule has 0 radical (unpaired) electrons. The van der Waals surface area contributed by atoms with Crippen LogP contribution in [0.3, 0.4) is 0 Å². The molecule has 1 heterocycles. The molecule has 0 amide bonds. The average molecular weight is 385 g/mol. The standard InChI is InChI=1S/C21H17ClO5/c1-11-5-6-12(9-18(11)26-14-7-13(8-14)21(24)25)19-10-17(23)15-3-2-4-16(22)20(15)27-19/h2-6,9-10,13-14H,7-8H2,1H3,(H,24,25)/t13-,14-.